The van der Waals surface area contributed by atoms with Crippen molar-refractivity contribution in [3.05, 3.63) is 0 Å². The number of amides is 1. The van der Waals surface area contributed by atoms with Crippen LogP contribution >= 0.6 is 0 Å². The van der Waals surface area contributed by atoms with Crippen molar-refractivity contribution in [3.63, 3.8) is 0 Å². The van der Waals surface area contributed by atoms with Crippen molar-refractivity contribution < 1.29 is 9.53 Å². The molecule has 2 N–H and O–H groups in total. The SMILES string of the molecule is COC1CC(N2CC(N)C2=O)C1. The highest BCUT2D eigenvalue weighted by Crippen LogP contribution is 2.30. The third-order valence-electron chi connectivity index (χ3n) is 2.84. The zero-order chi connectivity index (χ0) is 8.72. The molecule has 12 heavy (non-hydrogen) atoms. The molecule has 1 aliphatic heterocycles. The number of β-lactam (4-membered cyclic amide) rings is 1. The number of likely N-dealkylation sites (tertiary alicyclic amines) is 1. The second kappa shape index (κ2) is 2.71. The minimum Gasteiger partial charge on any atom is -0.381 e. The number of rotatable bonds is 2. The highest BCUT2D eigenvalue weighted by Gasteiger charge is 2.43. The minimum absolute atomic E-state index is 0.106. The molecule has 1 amide bonds. The summed E-state index contributed by atoms with van der Waals surface area (Å²) < 4.78 is 5.13. The minimum atomic E-state index is -0.230. The van der Waals surface area contributed by atoms with Crippen LogP contribution in [0.15, 0.2) is 0 Å². The van der Waals surface area contributed by atoms with Gasteiger partial charge in [0.25, 0.3) is 0 Å². The summed E-state index contributed by atoms with van der Waals surface area (Å²) in [6.45, 7) is 0.736. The van der Waals surface area contributed by atoms with Crippen LogP contribution in [0.2, 0.25) is 0 Å². The van der Waals surface area contributed by atoms with Gasteiger partial charge in [-0.3, -0.25) is 4.79 Å². The molecule has 68 valence electrons. The van der Waals surface area contributed by atoms with Crippen LogP contribution in [0.3, 0.4) is 0 Å². The fraction of sp³-hybridized carbons (Fsp3) is 0.875. The second-order valence-electron chi connectivity index (χ2n) is 3.58. The monoisotopic (exact) mass is 170 g/mol. The Hall–Kier alpha value is -0.610. The zero-order valence-electron chi connectivity index (χ0n) is 7.19. The van der Waals surface area contributed by atoms with Crippen molar-refractivity contribution in [2.45, 2.75) is 31.0 Å². The van der Waals surface area contributed by atoms with Gasteiger partial charge >= 0.3 is 0 Å². The first kappa shape index (κ1) is 8.01. The van der Waals surface area contributed by atoms with Gasteiger partial charge in [-0.05, 0) is 12.8 Å². The Morgan fingerprint density at radius 1 is 1.58 bits per heavy atom. The molecule has 0 aromatic heterocycles. The molecule has 4 heteroatoms. The van der Waals surface area contributed by atoms with E-state index in [0.717, 1.165) is 19.4 Å². The van der Waals surface area contributed by atoms with Gasteiger partial charge in [0.1, 0.15) is 6.04 Å². The van der Waals surface area contributed by atoms with Gasteiger partial charge in [-0.25, -0.2) is 0 Å². The standard InChI is InChI=1S/C8H14N2O2/c1-12-6-2-5(3-6)10-4-7(9)8(10)11/h5-7H,2-4,9H2,1H3. The Balaban J connectivity index is 1.79. The van der Waals surface area contributed by atoms with Crippen molar-refractivity contribution >= 4 is 5.91 Å². The Morgan fingerprint density at radius 2 is 2.25 bits per heavy atom. The number of hydrogen-bond donors (Lipinski definition) is 1. The molecule has 1 saturated carbocycles. The largest absolute Gasteiger partial charge is 0.381 e. The molecule has 0 aromatic carbocycles. The van der Waals surface area contributed by atoms with Crippen LogP contribution in [-0.4, -0.2) is 42.6 Å². The summed E-state index contributed by atoms with van der Waals surface area (Å²) >= 11 is 0. The molecule has 1 atom stereocenters. The summed E-state index contributed by atoms with van der Waals surface area (Å²) in [5.41, 5.74) is 5.47. The van der Waals surface area contributed by atoms with Crippen LogP contribution in [0.5, 0.6) is 0 Å². The Bertz CT molecular complexity index is 201. The summed E-state index contributed by atoms with van der Waals surface area (Å²) in [6, 6.07) is 0.175. The van der Waals surface area contributed by atoms with Crippen LogP contribution < -0.4 is 5.73 Å². The van der Waals surface area contributed by atoms with Gasteiger partial charge in [0.15, 0.2) is 0 Å². The number of carbonyl (C=O) groups excluding carboxylic acids is 1. The topological polar surface area (TPSA) is 55.6 Å². The van der Waals surface area contributed by atoms with Crippen LogP contribution in [0.4, 0.5) is 0 Å². The predicted octanol–water partition coefficient (Wildman–Crippen LogP) is -0.667. The molecule has 1 heterocycles. The molecule has 2 aliphatic rings. The van der Waals surface area contributed by atoms with E-state index in [0.29, 0.717) is 12.1 Å². The van der Waals surface area contributed by atoms with Gasteiger partial charge in [-0.1, -0.05) is 0 Å². The maximum Gasteiger partial charge on any atom is 0.241 e. The first-order valence-electron chi connectivity index (χ1n) is 4.31. The summed E-state index contributed by atoms with van der Waals surface area (Å²) in [5.74, 6) is 0.106. The molecule has 2 rings (SSSR count). The smallest absolute Gasteiger partial charge is 0.241 e. The van der Waals surface area contributed by atoms with E-state index >= 15 is 0 Å². The van der Waals surface area contributed by atoms with Gasteiger partial charge in [0.05, 0.1) is 6.10 Å². The van der Waals surface area contributed by atoms with Gasteiger partial charge in [-0.15, -0.1) is 0 Å². The van der Waals surface area contributed by atoms with Crippen LogP contribution in [0.25, 0.3) is 0 Å². The van der Waals surface area contributed by atoms with Gasteiger partial charge < -0.3 is 15.4 Å². The third-order valence-corrected chi connectivity index (χ3v) is 2.84. The molecular weight excluding hydrogens is 156 g/mol. The highest BCUT2D eigenvalue weighted by molar-refractivity contribution is 5.88. The average Bonchev–Trinajstić information content (AvgIpc) is 2.01. The molecule has 1 aliphatic carbocycles. The number of methoxy groups -OCH3 is 1. The lowest BCUT2D eigenvalue weighted by Gasteiger charge is -2.48. The molecular formula is C8H14N2O2. The van der Waals surface area contributed by atoms with Gasteiger partial charge in [0, 0.05) is 19.7 Å². The number of nitrogens with zero attached hydrogens (tertiary/aromatic N) is 1. The predicted molar refractivity (Wildman–Crippen MR) is 43.5 cm³/mol. The Kier molecular flexibility index (Phi) is 1.81. The van der Waals surface area contributed by atoms with E-state index in [-0.39, 0.29) is 11.9 Å². The molecule has 1 unspecified atom stereocenters. The summed E-state index contributed by atoms with van der Waals surface area (Å²) in [7, 11) is 1.71. The van der Waals surface area contributed by atoms with Crippen molar-refractivity contribution in [2.24, 2.45) is 5.73 Å². The maximum atomic E-state index is 11.2. The molecule has 0 aromatic rings. The van der Waals surface area contributed by atoms with E-state index in [2.05, 4.69) is 0 Å². The lowest BCUT2D eigenvalue weighted by molar-refractivity contribution is -0.152. The molecule has 0 bridgehead atoms. The van der Waals surface area contributed by atoms with Crippen LogP contribution in [0, 0.1) is 0 Å². The quantitative estimate of drug-likeness (QED) is 0.559. The lowest BCUT2D eigenvalue weighted by Crippen LogP contribution is -2.67. The van der Waals surface area contributed by atoms with E-state index in [4.69, 9.17) is 10.5 Å². The normalized spacial score (nSPS) is 40.7. The van der Waals surface area contributed by atoms with Crippen LogP contribution in [-0.2, 0) is 9.53 Å². The van der Waals surface area contributed by atoms with E-state index < -0.39 is 0 Å². The van der Waals surface area contributed by atoms with Crippen molar-refractivity contribution in [1.29, 1.82) is 0 Å². The van der Waals surface area contributed by atoms with E-state index in [1.54, 1.807) is 7.11 Å². The summed E-state index contributed by atoms with van der Waals surface area (Å²) in [5, 5.41) is 0. The number of ether oxygens (including phenoxy) is 1. The third kappa shape index (κ3) is 1.03. The first-order chi connectivity index (χ1) is 5.72. The maximum absolute atomic E-state index is 11.2. The fourth-order valence-electron chi connectivity index (χ4n) is 1.79. The Morgan fingerprint density at radius 3 is 2.67 bits per heavy atom. The zero-order valence-corrected chi connectivity index (χ0v) is 7.19. The average molecular weight is 170 g/mol. The van der Waals surface area contributed by atoms with Crippen molar-refractivity contribution in [1.82, 2.24) is 4.90 Å². The van der Waals surface area contributed by atoms with Gasteiger partial charge in [-0.2, -0.15) is 0 Å². The fourth-order valence-corrected chi connectivity index (χ4v) is 1.79. The summed E-state index contributed by atoms with van der Waals surface area (Å²) in [6.07, 6.45) is 2.32. The highest BCUT2D eigenvalue weighted by atomic mass is 16.5. The number of hydrogen-bond acceptors (Lipinski definition) is 3. The summed E-state index contributed by atoms with van der Waals surface area (Å²) in [4.78, 5) is 13.0. The van der Waals surface area contributed by atoms with Crippen LogP contribution in [0.1, 0.15) is 12.8 Å². The first-order valence-corrected chi connectivity index (χ1v) is 4.31. The van der Waals surface area contributed by atoms with Crippen molar-refractivity contribution in [2.75, 3.05) is 13.7 Å². The van der Waals surface area contributed by atoms with E-state index in [9.17, 15) is 4.79 Å². The molecule has 1 saturated heterocycles. The number of nitrogens with two attached hydrogens (primary N) is 1. The molecule has 0 radical (unpaired) electrons. The van der Waals surface area contributed by atoms with E-state index in [1.807, 2.05) is 4.90 Å². The van der Waals surface area contributed by atoms with Gasteiger partial charge in [0.2, 0.25) is 5.91 Å². The van der Waals surface area contributed by atoms with E-state index in [1.165, 1.54) is 0 Å². The van der Waals surface area contributed by atoms with Crippen molar-refractivity contribution in [3.8, 4) is 0 Å². The Labute approximate surface area is 71.7 Å². The number of carbonyl (C=O) groups is 1. The molecule has 4 nitrogen and oxygen atoms in total. The molecule has 2 fully saturated rings. The molecule has 0 spiro atoms. The second-order valence-corrected chi connectivity index (χ2v) is 3.58. The lowest BCUT2D eigenvalue weighted by atomic mass is 9.85.